The highest BCUT2D eigenvalue weighted by Crippen LogP contribution is 1.81. The first-order valence-electron chi connectivity index (χ1n) is 5.39. The number of rotatable bonds is 7. The molecule has 0 saturated carbocycles. The SMILES string of the molecule is CCOCCCNC(=O)C(=O)NC[C@H](C)O. The van der Waals surface area contributed by atoms with Crippen LogP contribution in [0.5, 0.6) is 0 Å². The van der Waals surface area contributed by atoms with Gasteiger partial charge in [0.1, 0.15) is 0 Å². The standard InChI is InChI=1S/C10H20N2O4/c1-3-16-6-4-5-11-9(14)10(15)12-7-8(2)13/h8,13H,3-7H2,1-2H3,(H,11,14)(H,12,15)/t8-/m0/s1. The summed E-state index contributed by atoms with van der Waals surface area (Å²) < 4.78 is 5.07. The van der Waals surface area contributed by atoms with Crippen molar-refractivity contribution in [2.24, 2.45) is 0 Å². The Morgan fingerprint density at radius 1 is 1.31 bits per heavy atom. The lowest BCUT2D eigenvalue weighted by molar-refractivity contribution is -0.139. The van der Waals surface area contributed by atoms with Crippen LogP contribution in [0.4, 0.5) is 0 Å². The van der Waals surface area contributed by atoms with Crippen LogP contribution in [0.1, 0.15) is 20.3 Å². The second-order valence-electron chi connectivity index (χ2n) is 3.37. The number of carbonyl (C=O) groups is 2. The molecule has 0 aliphatic rings. The normalized spacial score (nSPS) is 11.9. The molecule has 0 unspecified atom stereocenters. The van der Waals surface area contributed by atoms with Crippen LogP contribution in [0.15, 0.2) is 0 Å². The Labute approximate surface area is 95.4 Å². The minimum atomic E-state index is -0.725. The largest absolute Gasteiger partial charge is 0.392 e. The van der Waals surface area contributed by atoms with Gasteiger partial charge in [-0.25, -0.2) is 0 Å². The molecule has 6 nitrogen and oxygen atoms in total. The number of aliphatic hydroxyl groups excluding tert-OH is 1. The molecule has 0 saturated heterocycles. The number of amides is 2. The van der Waals surface area contributed by atoms with Gasteiger partial charge in [0.2, 0.25) is 0 Å². The van der Waals surface area contributed by atoms with Crippen molar-refractivity contribution in [2.45, 2.75) is 26.4 Å². The van der Waals surface area contributed by atoms with Gasteiger partial charge in [0.15, 0.2) is 0 Å². The molecule has 94 valence electrons. The second kappa shape index (κ2) is 9.11. The van der Waals surface area contributed by atoms with Crippen molar-refractivity contribution >= 4 is 11.8 Å². The minimum Gasteiger partial charge on any atom is -0.392 e. The van der Waals surface area contributed by atoms with E-state index in [2.05, 4.69) is 10.6 Å². The minimum absolute atomic E-state index is 0.0746. The highest BCUT2D eigenvalue weighted by atomic mass is 16.5. The number of nitrogens with one attached hydrogen (secondary N) is 2. The van der Waals surface area contributed by atoms with E-state index in [0.29, 0.717) is 26.2 Å². The fourth-order valence-electron chi connectivity index (χ4n) is 0.921. The predicted octanol–water partition coefficient (Wildman–Crippen LogP) is -0.974. The van der Waals surface area contributed by atoms with Crippen molar-refractivity contribution in [1.82, 2.24) is 10.6 Å². The van der Waals surface area contributed by atoms with Gasteiger partial charge in [0.05, 0.1) is 6.10 Å². The smallest absolute Gasteiger partial charge is 0.309 e. The van der Waals surface area contributed by atoms with E-state index in [1.807, 2.05) is 6.92 Å². The molecule has 0 spiro atoms. The molecule has 0 aromatic carbocycles. The zero-order valence-corrected chi connectivity index (χ0v) is 9.78. The van der Waals surface area contributed by atoms with Gasteiger partial charge >= 0.3 is 11.8 Å². The van der Waals surface area contributed by atoms with Gasteiger partial charge in [0, 0.05) is 26.3 Å². The molecular weight excluding hydrogens is 212 g/mol. The zero-order valence-electron chi connectivity index (χ0n) is 9.78. The van der Waals surface area contributed by atoms with E-state index in [1.54, 1.807) is 0 Å². The van der Waals surface area contributed by atoms with Gasteiger partial charge in [-0.05, 0) is 20.3 Å². The summed E-state index contributed by atoms with van der Waals surface area (Å²) in [7, 11) is 0. The first-order valence-corrected chi connectivity index (χ1v) is 5.39. The Hall–Kier alpha value is -1.14. The van der Waals surface area contributed by atoms with Crippen LogP contribution in [-0.4, -0.2) is 49.3 Å². The Balaban J connectivity index is 3.52. The third-order valence-corrected chi connectivity index (χ3v) is 1.72. The van der Waals surface area contributed by atoms with Gasteiger partial charge in [-0.2, -0.15) is 0 Å². The topological polar surface area (TPSA) is 87.7 Å². The molecule has 0 heterocycles. The summed E-state index contributed by atoms with van der Waals surface area (Å²) in [4.78, 5) is 22.2. The molecule has 16 heavy (non-hydrogen) atoms. The monoisotopic (exact) mass is 232 g/mol. The van der Waals surface area contributed by atoms with E-state index in [4.69, 9.17) is 9.84 Å². The quantitative estimate of drug-likeness (QED) is 0.389. The lowest BCUT2D eigenvalue weighted by atomic mass is 10.4. The summed E-state index contributed by atoms with van der Waals surface area (Å²) in [5, 5.41) is 13.6. The van der Waals surface area contributed by atoms with E-state index in [9.17, 15) is 9.59 Å². The Morgan fingerprint density at radius 2 is 1.94 bits per heavy atom. The Kier molecular flexibility index (Phi) is 8.46. The van der Waals surface area contributed by atoms with E-state index < -0.39 is 17.9 Å². The molecule has 0 aliphatic heterocycles. The number of carbonyl (C=O) groups excluding carboxylic acids is 2. The van der Waals surface area contributed by atoms with Crippen molar-refractivity contribution in [1.29, 1.82) is 0 Å². The summed E-state index contributed by atoms with van der Waals surface area (Å²) >= 11 is 0. The molecule has 0 rings (SSSR count). The summed E-state index contributed by atoms with van der Waals surface area (Å²) in [5.74, 6) is -1.41. The molecule has 6 heteroatoms. The van der Waals surface area contributed by atoms with Crippen molar-refractivity contribution < 1.29 is 19.4 Å². The molecular formula is C10H20N2O4. The molecule has 0 fully saturated rings. The van der Waals surface area contributed by atoms with Crippen LogP contribution < -0.4 is 10.6 Å². The predicted molar refractivity (Wildman–Crippen MR) is 58.8 cm³/mol. The Bertz CT molecular complexity index is 219. The summed E-state index contributed by atoms with van der Waals surface area (Å²) in [6.07, 6.45) is 0.0122. The van der Waals surface area contributed by atoms with Crippen LogP contribution in [0, 0.1) is 0 Å². The number of hydrogen-bond acceptors (Lipinski definition) is 4. The highest BCUT2D eigenvalue weighted by Gasteiger charge is 2.12. The average molecular weight is 232 g/mol. The van der Waals surface area contributed by atoms with Crippen LogP contribution >= 0.6 is 0 Å². The lowest BCUT2D eigenvalue weighted by Gasteiger charge is -2.07. The molecule has 2 amide bonds. The zero-order chi connectivity index (χ0) is 12.4. The molecule has 0 aromatic rings. The number of aliphatic hydroxyl groups is 1. The van der Waals surface area contributed by atoms with E-state index in [1.165, 1.54) is 6.92 Å². The maximum absolute atomic E-state index is 11.1. The third kappa shape index (κ3) is 8.19. The molecule has 0 bridgehead atoms. The van der Waals surface area contributed by atoms with Gasteiger partial charge in [0.25, 0.3) is 0 Å². The van der Waals surface area contributed by atoms with Crippen molar-refractivity contribution in [2.75, 3.05) is 26.3 Å². The fraction of sp³-hybridized carbons (Fsp3) is 0.800. The average Bonchev–Trinajstić information content (AvgIpc) is 2.25. The van der Waals surface area contributed by atoms with E-state index in [0.717, 1.165) is 0 Å². The number of hydrogen-bond donors (Lipinski definition) is 3. The van der Waals surface area contributed by atoms with Crippen molar-refractivity contribution in [3.63, 3.8) is 0 Å². The first kappa shape index (κ1) is 14.9. The maximum Gasteiger partial charge on any atom is 0.309 e. The van der Waals surface area contributed by atoms with Crippen LogP contribution in [0.3, 0.4) is 0 Å². The van der Waals surface area contributed by atoms with Crippen LogP contribution in [0.2, 0.25) is 0 Å². The van der Waals surface area contributed by atoms with Crippen molar-refractivity contribution in [3.05, 3.63) is 0 Å². The molecule has 0 aromatic heterocycles. The first-order chi connectivity index (χ1) is 7.57. The van der Waals surface area contributed by atoms with E-state index >= 15 is 0 Å². The van der Waals surface area contributed by atoms with Crippen LogP contribution in [0.25, 0.3) is 0 Å². The van der Waals surface area contributed by atoms with Gasteiger partial charge < -0.3 is 20.5 Å². The van der Waals surface area contributed by atoms with Crippen molar-refractivity contribution in [3.8, 4) is 0 Å². The summed E-state index contributed by atoms with van der Waals surface area (Å²) in [6, 6.07) is 0. The highest BCUT2D eigenvalue weighted by molar-refractivity contribution is 6.35. The summed E-state index contributed by atoms with van der Waals surface area (Å²) in [5.41, 5.74) is 0. The number of ether oxygens (including phenoxy) is 1. The third-order valence-electron chi connectivity index (χ3n) is 1.72. The summed E-state index contributed by atoms with van der Waals surface area (Å²) in [6.45, 7) is 5.10. The Morgan fingerprint density at radius 3 is 2.50 bits per heavy atom. The molecule has 0 aliphatic carbocycles. The molecule has 1 atom stereocenters. The molecule has 3 N–H and O–H groups in total. The maximum atomic E-state index is 11.1. The second-order valence-corrected chi connectivity index (χ2v) is 3.37. The van der Waals surface area contributed by atoms with Gasteiger partial charge in [-0.1, -0.05) is 0 Å². The van der Waals surface area contributed by atoms with E-state index in [-0.39, 0.29) is 6.54 Å². The fourth-order valence-corrected chi connectivity index (χ4v) is 0.921. The van der Waals surface area contributed by atoms with Gasteiger partial charge in [-0.3, -0.25) is 9.59 Å². The van der Waals surface area contributed by atoms with Gasteiger partial charge in [-0.15, -0.1) is 0 Å². The molecule has 0 radical (unpaired) electrons. The van der Waals surface area contributed by atoms with Crippen LogP contribution in [-0.2, 0) is 14.3 Å². The lowest BCUT2D eigenvalue weighted by Crippen LogP contribution is -2.42.